The van der Waals surface area contributed by atoms with Gasteiger partial charge < -0.3 is 31.7 Å². The molecule has 0 saturated heterocycles. The number of Topliss-reactive ketones (excluding diaryl/α,β-unsaturated/α-hetero) is 1. The van der Waals surface area contributed by atoms with Crippen LogP contribution >= 0.6 is 0 Å². The van der Waals surface area contributed by atoms with Crippen LogP contribution in [0.4, 0.5) is 4.79 Å². The molecule has 0 aliphatic heterocycles. The van der Waals surface area contributed by atoms with Crippen molar-refractivity contribution in [2.45, 2.75) is 83.2 Å². The molecule has 11 nitrogen and oxygen atoms in total. The number of ketones is 1. The first-order valence-corrected chi connectivity index (χ1v) is 14.6. The molecule has 0 fully saturated rings. The zero-order valence-corrected chi connectivity index (χ0v) is 25.3. The first kappa shape index (κ1) is 35.6. The van der Waals surface area contributed by atoms with Gasteiger partial charge in [-0.05, 0) is 51.2 Å². The second-order valence-corrected chi connectivity index (χ2v) is 11.1. The quantitative estimate of drug-likeness (QED) is 0.170. The van der Waals surface area contributed by atoms with E-state index < -0.39 is 59.9 Å². The lowest BCUT2D eigenvalue weighted by Gasteiger charge is -2.34. The minimum atomic E-state index is -1.66. The number of aliphatic hydroxyl groups is 2. The summed E-state index contributed by atoms with van der Waals surface area (Å²) in [6.45, 7) is 3.19. The number of carbonyl (C=O) groups is 4. The van der Waals surface area contributed by atoms with Gasteiger partial charge in [-0.3, -0.25) is 14.4 Å². The molecular formula is C32H46N4O7. The van der Waals surface area contributed by atoms with Crippen molar-refractivity contribution in [3.63, 3.8) is 0 Å². The summed E-state index contributed by atoms with van der Waals surface area (Å²) in [5.74, 6) is -3.15. The number of amides is 3. The fraction of sp³-hybridized carbons (Fsp3) is 0.500. The van der Waals surface area contributed by atoms with Gasteiger partial charge >= 0.3 is 6.09 Å². The lowest BCUT2D eigenvalue weighted by molar-refractivity contribution is -0.139. The number of hydrogen-bond donors (Lipinski definition) is 5. The van der Waals surface area contributed by atoms with Crippen LogP contribution in [0.15, 0.2) is 60.7 Å². The van der Waals surface area contributed by atoms with Gasteiger partial charge in [-0.15, -0.1) is 0 Å². The molecule has 11 heteroatoms. The van der Waals surface area contributed by atoms with Crippen molar-refractivity contribution in [2.24, 2.45) is 17.4 Å². The smallest absolute Gasteiger partial charge is 0.417 e. The van der Waals surface area contributed by atoms with Crippen LogP contribution in [-0.2, 0) is 32.1 Å². The van der Waals surface area contributed by atoms with Gasteiger partial charge in [0.2, 0.25) is 11.8 Å². The molecule has 0 spiro atoms. The van der Waals surface area contributed by atoms with E-state index in [1.54, 1.807) is 30.3 Å². The minimum Gasteiger partial charge on any atom is -0.444 e. The topological polar surface area (TPSA) is 185 Å². The number of aryl methyl sites for hydroxylation is 1. The first-order valence-electron chi connectivity index (χ1n) is 14.6. The molecular weight excluding hydrogens is 552 g/mol. The molecule has 2 unspecified atom stereocenters. The van der Waals surface area contributed by atoms with Crippen LogP contribution in [0.1, 0.15) is 57.6 Å². The molecule has 3 amide bonds. The highest BCUT2D eigenvalue weighted by atomic mass is 16.6. The van der Waals surface area contributed by atoms with Crippen molar-refractivity contribution in [3.8, 4) is 0 Å². The summed E-state index contributed by atoms with van der Waals surface area (Å²) in [5, 5.41) is 23.1. The first-order chi connectivity index (χ1) is 20.4. The van der Waals surface area contributed by atoms with E-state index in [1.807, 2.05) is 18.2 Å². The summed E-state index contributed by atoms with van der Waals surface area (Å²) < 4.78 is 5.26. The zero-order valence-electron chi connectivity index (χ0n) is 25.3. The van der Waals surface area contributed by atoms with Gasteiger partial charge in [0.25, 0.3) is 0 Å². The van der Waals surface area contributed by atoms with E-state index in [1.165, 1.54) is 26.3 Å². The highest BCUT2D eigenvalue weighted by molar-refractivity contribution is 5.99. The zero-order chi connectivity index (χ0) is 32.0. The van der Waals surface area contributed by atoms with Crippen LogP contribution in [0.2, 0.25) is 0 Å². The van der Waals surface area contributed by atoms with Gasteiger partial charge in [-0.1, -0.05) is 73.5 Å². The average Bonchev–Trinajstić information content (AvgIpc) is 3.00. The third-order valence-corrected chi connectivity index (χ3v) is 7.51. The Morgan fingerprint density at radius 1 is 0.953 bits per heavy atom. The molecule has 2 aromatic carbocycles. The van der Waals surface area contributed by atoms with Gasteiger partial charge in [-0.25, -0.2) is 9.69 Å². The third kappa shape index (κ3) is 10.9. The van der Waals surface area contributed by atoms with Crippen molar-refractivity contribution < 1.29 is 34.1 Å². The number of rotatable bonds is 17. The Balaban J connectivity index is 1.93. The van der Waals surface area contributed by atoms with E-state index in [0.29, 0.717) is 16.9 Å². The summed E-state index contributed by atoms with van der Waals surface area (Å²) in [6.07, 6.45) is 1.12. The number of imide groups is 1. The van der Waals surface area contributed by atoms with Crippen LogP contribution in [0.3, 0.4) is 0 Å². The van der Waals surface area contributed by atoms with E-state index in [2.05, 4.69) is 17.4 Å². The number of nitrogens with two attached hydrogens (primary N) is 2. The molecule has 0 heterocycles. The number of nitrogens with zero attached hydrogens (tertiary/aromatic N) is 1. The maximum absolute atomic E-state index is 13.1. The minimum absolute atomic E-state index is 0.119. The fourth-order valence-electron chi connectivity index (χ4n) is 4.58. The van der Waals surface area contributed by atoms with Crippen LogP contribution in [-0.4, -0.2) is 75.7 Å². The Hall–Kier alpha value is -3.64. The van der Waals surface area contributed by atoms with E-state index in [0.717, 1.165) is 19.3 Å². The summed E-state index contributed by atoms with van der Waals surface area (Å²) in [7, 11) is 0. The third-order valence-electron chi connectivity index (χ3n) is 7.51. The molecule has 7 N–H and O–H groups in total. The fourth-order valence-corrected chi connectivity index (χ4v) is 4.58. The molecule has 0 aliphatic carbocycles. The Kier molecular flexibility index (Phi) is 14.4. The standard InChI is InChI=1S/C32H46N4O7/c1-22(33)30(41)36(31(42)43-21-25-16-10-5-11-17-25)23(2)29(40)35-19-26(20-37)32(3,34)28(39)27(38)18-12-6-9-15-24-13-7-4-8-14-24/h4-5,7-8,10-11,13-14,16-17,22-23,26-27,37-38H,6,9,12,15,18-21,33-34H2,1-3H3,(H,35,40)/t22-,23-,26?,27?,32+/m0/s1. The normalized spacial score (nSPS) is 15.3. The summed E-state index contributed by atoms with van der Waals surface area (Å²) in [4.78, 5) is 52.3. The molecule has 0 radical (unpaired) electrons. The van der Waals surface area contributed by atoms with E-state index in [9.17, 15) is 29.4 Å². The van der Waals surface area contributed by atoms with Crippen LogP contribution in [0.25, 0.3) is 0 Å². The SMILES string of the molecule is C[C@H](N)C(=O)N(C(=O)OCc1ccccc1)[C@@H](C)C(=O)NCC(CO)[C@@](C)(N)C(=O)C(O)CCCCCc1ccccc1. The van der Waals surface area contributed by atoms with Crippen LogP contribution in [0.5, 0.6) is 0 Å². The predicted molar refractivity (Wildman–Crippen MR) is 162 cm³/mol. The predicted octanol–water partition coefficient (Wildman–Crippen LogP) is 2.06. The number of nitrogens with one attached hydrogen (secondary N) is 1. The summed E-state index contributed by atoms with van der Waals surface area (Å²) in [5.41, 5.74) is 12.3. The Labute approximate surface area is 253 Å². The van der Waals surface area contributed by atoms with Crippen molar-refractivity contribution in [2.75, 3.05) is 13.2 Å². The number of aliphatic hydroxyl groups excluding tert-OH is 2. The molecule has 0 aliphatic rings. The second kappa shape index (κ2) is 17.5. The number of carbonyl (C=O) groups excluding carboxylic acids is 4. The molecule has 43 heavy (non-hydrogen) atoms. The van der Waals surface area contributed by atoms with E-state index in [-0.39, 0.29) is 19.6 Å². The Bertz CT molecular complexity index is 1170. The van der Waals surface area contributed by atoms with Gasteiger partial charge in [0.15, 0.2) is 5.78 Å². The van der Waals surface area contributed by atoms with Crippen molar-refractivity contribution in [1.29, 1.82) is 0 Å². The van der Waals surface area contributed by atoms with Crippen molar-refractivity contribution in [3.05, 3.63) is 71.8 Å². The lowest BCUT2D eigenvalue weighted by Crippen LogP contribution is -2.60. The molecule has 0 aromatic heterocycles. The maximum Gasteiger partial charge on any atom is 0.417 e. The molecule has 0 bridgehead atoms. The Morgan fingerprint density at radius 3 is 2.09 bits per heavy atom. The molecule has 2 aromatic rings. The number of ether oxygens (including phenoxy) is 1. The van der Waals surface area contributed by atoms with Gasteiger partial charge in [0.1, 0.15) is 18.8 Å². The largest absolute Gasteiger partial charge is 0.444 e. The number of unbranched alkanes of at least 4 members (excludes halogenated alkanes) is 2. The van der Waals surface area contributed by atoms with Crippen LogP contribution in [0, 0.1) is 5.92 Å². The maximum atomic E-state index is 13.1. The number of hydrogen-bond acceptors (Lipinski definition) is 9. The number of benzene rings is 2. The van der Waals surface area contributed by atoms with E-state index in [4.69, 9.17) is 16.2 Å². The molecule has 0 saturated carbocycles. The monoisotopic (exact) mass is 598 g/mol. The van der Waals surface area contributed by atoms with Crippen molar-refractivity contribution >= 4 is 23.7 Å². The van der Waals surface area contributed by atoms with Gasteiger partial charge in [0.05, 0.1) is 11.6 Å². The second-order valence-electron chi connectivity index (χ2n) is 11.1. The van der Waals surface area contributed by atoms with E-state index >= 15 is 0 Å². The lowest BCUT2D eigenvalue weighted by atomic mass is 9.80. The molecule has 236 valence electrons. The van der Waals surface area contributed by atoms with Gasteiger partial charge in [-0.2, -0.15) is 0 Å². The highest BCUT2D eigenvalue weighted by Gasteiger charge is 2.41. The van der Waals surface area contributed by atoms with Crippen molar-refractivity contribution in [1.82, 2.24) is 10.2 Å². The Morgan fingerprint density at radius 2 is 1.53 bits per heavy atom. The van der Waals surface area contributed by atoms with Gasteiger partial charge in [0, 0.05) is 19.1 Å². The average molecular weight is 599 g/mol. The summed E-state index contributed by atoms with van der Waals surface area (Å²) >= 11 is 0. The van der Waals surface area contributed by atoms with Crippen LogP contribution < -0.4 is 16.8 Å². The summed E-state index contributed by atoms with van der Waals surface area (Å²) in [6, 6.07) is 16.5. The molecule has 5 atom stereocenters. The molecule has 2 rings (SSSR count). The highest BCUT2D eigenvalue weighted by Crippen LogP contribution is 2.20.